The molecule has 1 atom stereocenters. The van der Waals surface area contributed by atoms with Gasteiger partial charge in [0.05, 0.1) is 17.6 Å². The van der Waals surface area contributed by atoms with E-state index in [9.17, 15) is 14.0 Å². The van der Waals surface area contributed by atoms with Gasteiger partial charge in [0.2, 0.25) is 5.91 Å². The van der Waals surface area contributed by atoms with Crippen LogP contribution in [0.15, 0.2) is 65.6 Å². The maximum Gasteiger partial charge on any atom is 0.365 e. The zero-order valence-corrected chi connectivity index (χ0v) is 13.4. The molecule has 25 heavy (non-hydrogen) atoms. The van der Waals surface area contributed by atoms with Gasteiger partial charge in [-0.15, -0.1) is 0 Å². The van der Waals surface area contributed by atoms with Crippen molar-refractivity contribution < 1.29 is 9.18 Å². The van der Waals surface area contributed by atoms with Crippen molar-refractivity contribution in [3.63, 3.8) is 0 Å². The number of amides is 1. The molecule has 0 unspecified atom stereocenters. The van der Waals surface area contributed by atoms with Gasteiger partial charge in [0.25, 0.3) is 0 Å². The van der Waals surface area contributed by atoms with Crippen LogP contribution in [-0.2, 0) is 4.79 Å². The van der Waals surface area contributed by atoms with Crippen molar-refractivity contribution in [2.75, 3.05) is 5.32 Å². The van der Waals surface area contributed by atoms with E-state index in [4.69, 9.17) is 0 Å². The number of carbonyl (C=O) groups excluding carboxylic acids is 1. The highest BCUT2D eigenvalue weighted by Gasteiger charge is 2.19. The van der Waals surface area contributed by atoms with Crippen molar-refractivity contribution in [1.82, 2.24) is 14.8 Å². The van der Waals surface area contributed by atoms with E-state index in [1.165, 1.54) is 31.3 Å². The topological polar surface area (TPSA) is 76.9 Å². The van der Waals surface area contributed by atoms with Gasteiger partial charge >= 0.3 is 5.69 Å². The Labute approximate surface area is 143 Å². The average molecular weight is 338 g/mol. The minimum atomic E-state index is -0.940. The van der Waals surface area contributed by atoms with Crippen LogP contribution in [0.4, 0.5) is 10.1 Å². The first-order chi connectivity index (χ1) is 12.1. The summed E-state index contributed by atoms with van der Waals surface area (Å²) in [6, 6.07) is 14.0. The third kappa shape index (κ3) is 3.60. The highest BCUT2D eigenvalue weighted by Crippen LogP contribution is 2.16. The SMILES string of the molecule is C[C@@H](C(=O)Nc1ccccc1F)n1ncc(-c2ccccc2)nc1=O. The quantitative estimate of drug-likeness (QED) is 0.793. The normalized spacial score (nSPS) is 11.8. The summed E-state index contributed by atoms with van der Waals surface area (Å²) < 4.78 is 14.6. The van der Waals surface area contributed by atoms with Gasteiger partial charge in [-0.2, -0.15) is 10.1 Å². The predicted octanol–water partition coefficient (Wildman–Crippen LogP) is 2.64. The van der Waals surface area contributed by atoms with Crippen LogP contribution >= 0.6 is 0 Å². The molecule has 0 bridgehead atoms. The van der Waals surface area contributed by atoms with E-state index in [2.05, 4.69) is 15.4 Å². The van der Waals surface area contributed by atoms with Crippen LogP contribution in [0.1, 0.15) is 13.0 Å². The van der Waals surface area contributed by atoms with Crippen LogP contribution in [0, 0.1) is 5.82 Å². The number of anilines is 1. The molecular weight excluding hydrogens is 323 g/mol. The summed E-state index contributed by atoms with van der Waals surface area (Å²) in [6.45, 7) is 1.49. The van der Waals surface area contributed by atoms with Crippen LogP contribution in [0.5, 0.6) is 0 Å². The largest absolute Gasteiger partial charge is 0.365 e. The fourth-order valence-corrected chi connectivity index (χ4v) is 2.27. The number of nitrogens with zero attached hydrogens (tertiary/aromatic N) is 3. The standard InChI is InChI=1S/C18H15FN4O2/c1-12(17(24)21-15-10-6-5-9-14(15)19)23-18(25)22-16(11-20-23)13-7-3-2-4-8-13/h2-12H,1H3,(H,21,24)/t12-/m0/s1. The van der Waals surface area contributed by atoms with Gasteiger partial charge < -0.3 is 5.32 Å². The molecule has 1 N–H and O–H groups in total. The van der Waals surface area contributed by atoms with Gasteiger partial charge in [-0.25, -0.2) is 13.9 Å². The molecule has 0 aliphatic rings. The molecule has 0 aliphatic carbocycles. The van der Waals surface area contributed by atoms with Crippen LogP contribution in [0.25, 0.3) is 11.3 Å². The van der Waals surface area contributed by atoms with Crippen LogP contribution in [-0.4, -0.2) is 20.7 Å². The summed E-state index contributed by atoms with van der Waals surface area (Å²) in [4.78, 5) is 28.4. The maximum atomic E-state index is 13.6. The number of rotatable bonds is 4. The number of para-hydroxylation sites is 1. The van der Waals surface area contributed by atoms with Gasteiger partial charge in [-0.3, -0.25) is 4.79 Å². The summed E-state index contributed by atoms with van der Waals surface area (Å²) in [5.41, 5.74) is 0.560. The minimum Gasteiger partial charge on any atom is -0.322 e. The van der Waals surface area contributed by atoms with E-state index in [1.54, 1.807) is 6.07 Å². The Morgan fingerprint density at radius 2 is 1.80 bits per heavy atom. The first kappa shape index (κ1) is 16.5. The first-order valence-corrected chi connectivity index (χ1v) is 7.63. The molecule has 0 radical (unpaired) electrons. The summed E-state index contributed by atoms with van der Waals surface area (Å²) in [7, 11) is 0. The lowest BCUT2D eigenvalue weighted by atomic mass is 10.2. The van der Waals surface area contributed by atoms with E-state index in [0.29, 0.717) is 5.69 Å². The molecule has 6 nitrogen and oxygen atoms in total. The molecule has 0 spiro atoms. The third-order valence-electron chi connectivity index (χ3n) is 3.66. The van der Waals surface area contributed by atoms with E-state index >= 15 is 0 Å². The summed E-state index contributed by atoms with van der Waals surface area (Å²) in [5, 5.41) is 6.47. The van der Waals surface area contributed by atoms with Crippen LogP contribution in [0.3, 0.4) is 0 Å². The Morgan fingerprint density at radius 1 is 1.12 bits per heavy atom. The van der Waals surface area contributed by atoms with E-state index in [0.717, 1.165) is 10.2 Å². The summed E-state index contributed by atoms with van der Waals surface area (Å²) in [6.07, 6.45) is 1.42. The molecule has 1 heterocycles. The second kappa shape index (κ2) is 7.04. The fraction of sp³-hybridized carbons (Fsp3) is 0.111. The number of aromatic nitrogens is 3. The van der Waals surface area contributed by atoms with Crippen molar-refractivity contribution in [2.24, 2.45) is 0 Å². The minimum absolute atomic E-state index is 0.0428. The molecule has 0 saturated heterocycles. The summed E-state index contributed by atoms with van der Waals surface area (Å²) >= 11 is 0. The van der Waals surface area contributed by atoms with Crippen LogP contribution < -0.4 is 11.0 Å². The molecule has 126 valence electrons. The van der Waals surface area contributed by atoms with Crippen molar-refractivity contribution in [2.45, 2.75) is 13.0 Å². The Morgan fingerprint density at radius 3 is 2.48 bits per heavy atom. The van der Waals surface area contributed by atoms with Crippen molar-refractivity contribution >= 4 is 11.6 Å². The lowest BCUT2D eigenvalue weighted by Crippen LogP contribution is -2.35. The molecule has 1 amide bonds. The van der Waals surface area contributed by atoms with Crippen LogP contribution in [0.2, 0.25) is 0 Å². The second-order valence-corrected chi connectivity index (χ2v) is 5.38. The van der Waals surface area contributed by atoms with Crippen molar-refractivity contribution in [1.29, 1.82) is 0 Å². The Hall–Kier alpha value is -3.35. The molecule has 2 aromatic carbocycles. The lowest BCUT2D eigenvalue weighted by Gasteiger charge is -2.14. The van der Waals surface area contributed by atoms with Gasteiger partial charge in [0.15, 0.2) is 0 Å². The highest BCUT2D eigenvalue weighted by atomic mass is 19.1. The zero-order chi connectivity index (χ0) is 17.8. The molecular formula is C18H15FN4O2. The molecule has 0 aliphatic heterocycles. The van der Waals surface area contributed by atoms with Gasteiger partial charge in [-0.05, 0) is 19.1 Å². The van der Waals surface area contributed by atoms with Crippen molar-refractivity contribution in [3.8, 4) is 11.3 Å². The van der Waals surface area contributed by atoms with E-state index < -0.39 is 23.5 Å². The Balaban J connectivity index is 1.83. The van der Waals surface area contributed by atoms with E-state index in [1.807, 2.05) is 30.3 Å². The zero-order valence-electron chi connectivity index (χ0n) is 13.4. The molecule has 1 aromatic heterocycles. The Kier molecular flexibility index (Phi) is 4.65. The number of benzene rings is 2. The summed E-state index contributed by atoms with van der Waals surface area (Å²) in [5.74, 6) is -1.12. The van der Waals surface area contributed by atoms with Gasteiger partial charge in [0, 0.05) is 5.56 Å². The number of hydrogen-bond acceptors (Lipinski definition) is 4. The average Bonchev–Trinajstić information content (AvgIpc) is 2.63. The number of halogens is 1. The van der Waals surface area contributed by atoms with Gasteiger partial charge in [-0.1, -0.05) is 42.5 Å². The monoisotopic (exact) mass is 338 g/mol. The third-order valence-corrected chi connectivity index (χ3v) is 3.66. The molecule has 0 saturated carbocycles. The molecule has 3 rings (SSSR count). The molecule has 0 fully saturated rings. The van der Waals surface area contributed by atoms with Gasteiger partial charge in [0.1, 0.15) is 11.9 Å². The number of nitrogens with one attached hydrogen (secondary N) is 1. The van der Waals surface area contributed by atoms with E-state index in [-0.39, 0.29) is 5.69 Å². The molecule has 7 heteroatoms. The highest BCUT2D eigenvalue weighted by molar-refractivity contribution is 5.93. The second-order valence-electron chi connectivity index (χ2n) is 5.38. The van der Waals surface area contributed by atoms with Crippen molar-refractivity contribution in [3.05, 3.63) is 77.1 Å². The Bertz CT molecular complexity index is 957. The lowest BCUT2D eigenvalue weighted by molar-refractivity contribution is -0.119. The molecule has 3 aromatic rings. The maximum absolute atomic E-state index is 13.6. The smallest absolute Gasteiger partial charge is 0.322 e. The number of hydrogen-bond donors (Lipinski definition) is 1. The predicted molar refractivity (Wildman–Crippen MR) is 91.5 cm³/mol. The number of carbonyl (C=O) groups is 1. The fourth-order valence-electron chi connectivity index (χ4n) is 2.27. The first-order valence-electron chi connectivity index (χ1n) is 7.63.